The Bertz CT molecular complexity index is 1030. The van der Waals surface area contributed by atoms with Crippen molar-refractivity contribution in [2.45, 2.75) is 17.9 Å². The summed E-state index contributed by atoms with van der Waals surface area (Å²) in [6, 6.07) is 10.9. The van der Waals surface area contributed by atoms with E-state index in [1.165, 1.54) is 18.2 Å². The maximum atomic E-state index is 13.1. The number of ether oxygens (including phenoxy) is 1. The molecule has 0 unspecified atom stereocenters. The molecule has 2 aliphatic rings. The average Bonchev–Trinajstić information content (AvgIpc) is 2.61. The zero-order chi connectivity index (χ0) is 18.5. The Hall–Kier alpha value is -3.07. The van der Waals surface area contributed by atoms with Gasteiger partial charge in [-0.3, -0.25) is 13.9 Å². The SMILES string of the molecule is C[C@@H]1Oc2ccc(S(=O)(=O)N3CC(=O)Nc4ccccc43)cc2NC1=O. The third-order valence-corrected chi connectivity index (χ3v) is 5.96. The van der Waals surface area contributed by atoms with Crippen LogP contribution < -0.4 is 19.7 Å². The molecule has 0 aromatic heterocycles. The van der Waals surface area contributed by atoms with E-state index in [1.54, 1.807) is 31.2 Å². The number of hydrogen-bond acceptors (Lipinski definition) is 5. The summed E-state index contributed by atoms with van der Waals surface area (Å²) >= 11 is 0. The van der Waals surface area contributed by atoms with Gasteiger partial charge < -0.3 is 15.4 Å². The molecule has 4 rings (SSSR count). The van der Waals surface area contributed by atoms with E-state index in [2.05, 4.69) is 10.6 Å². The maximum absolute atomic E-state index is 13.1. The fraction of sp³-hybridized carbons (Fsp3) is 0.176. The molecule has 8 nitrogen and oxygen atoms in total. The smallest absolute Gasteiger partial charge is 0.265 e. The van der Waals surface area contributed by atoms with Crippen molar-refractivity contribution in [3.05, 3.63) is 42.5 Å². The molecule has 2 amide bonds. The number of anilines is 3. The number of hydrogen-bond donors (Lipinski definition) is 2. The van der Waals surface area contributed by atoms with Crippen molar-refractivity contribution in [2.24, 2.45) is 0 Å². The van der Waals surface area contributed by atoms with E-state index in [9.17, 15) is 18.0 Å². The van der Waals surface area contributed by atoms with Crippen molar-refractivity contribution in [2.75, 3.05) is 21.5 Å². The Kier molecular flexibility index (Phi) is 3.62. The van der Waals surface area contributed by atoms with Crippen molar-refractivity contribution in [3.63, 3.8) is 0 Å². The van der Waals surface area contributed by atoms with E-state index in [4.69, 9.17) is 4.74 Å². The average molecular weight is 373 g/mol. The first-order chi connectivity index (χ1) is 12.4. The van der Waals surface area contributed by atoms with Gasteiger partial charge in [-0.2, -0.15) is 0 Å². The van der Waals surface area contributed by atoms with Gasteiger partial charge >= 0.3 is 0 Å². The third-order valence-electron chi connectivity index (χ3n) is 4.20. The number of carbonyl (C=O) groups is 2. The molecule has 9 heteroatoms. The highest BCUT2D eigenvalue weighted by Gasteiger charge is 2.33. The Morgan fingerprint density at radius 3 is 2.65 bits per heavy atom. The van der Waals surface area contributed by atoms with Crippen LogP contribution in [-0.4, -0.2) is 32.9 Å². The number of carbonyl (C=O) groups excluding carboxylic acids is 2. The van der Waals surface area contributed by atoms with Crippen molar-refractivity contribution >= 4 is 38.9 Å². The predicted molar refractivity (Wildman–Crippen MR) is 94.8 cm³/mol. The minimum atomic E-state index is -4.01. The lowest BCUT2D eigenvalue weighted by Gasteiger charge is -2.30. The quantitative estimate of drug-likeness (QED) is 0.831. The summed E-state index contributed by atoms with van der Waals surface area (Å²) in [6.07, 6.45) is -0.650. The number of amides is 2. The van der Waals surface area contributed by atoms with E-state index >= 15 is 0 Å². The van der Waals surface area contributed by atoms with Crippen LogP contribution in [0.4, 0.5) is 17.1 Å². The van der Waals surface area contributed by atoms with Crippen molar-refractivity contribution in [3.8, 4) is 5.75 Å². The monoisotopic (exact) mass is 373 g/mol. The number of benzene rings is 2. The standard InChI is InChI=1S/C17H15N3O5S/c1-10-17(22)19-13-8-11(6-7-15(13)25-10)26(23,24)20-9-16(21)18-12-4-2-3-5-14(12)20/h2-8,10H,9H2,1H3,(H,18,21)(H,19,22)/t10-/m0/s1. The molecule has 0 spiro atoms. The van der Waals surface area contributed by atoms with Gasteiger partial charge in [-0.25, -0.2) is 8.42 Å². The van der Waals surface area contributed by atoms with Crippen molar-refractivity contribution in [1.82, 2.24) is 0 Å². The molecular weight excluding hydrogens is 358 g/mol. The Morgan fingerprint density at radius 1 is 1.08 bits per heavy atom. The molecule has 2 aromatic carbocycles. The lowest BCUT2D eigenvalue weighted by atomic mass is 10.2. The van der Waals surface area contributed by atoms with Crippen LogP contribution in [0, 0.1) is 0 Å². The zero-order valence-corrected chi connectivity index (χ0v) is 14.5. The highest BCUT2D eigenvalue weighted by molar-refractivity contribution is 7.93. The van der Waals surface area contributed by atoms with Crippen LogP contribution in [0.15, 0.2) is 47.4 Å². The molecule has 0 radical (unpaired) electrons. The van der Waals surface area contributed by atoms with Crippen LogP contribution in [0.25, 0.3) is 0 Å². The van der Waals surface area contributed by atoms with Gasteiger partial charge in [-0.15, -0.1) is 0 Å². The van der Waals surface area contributed by atoms with Crippen LogP contribution >= 0.6 is 0 Å². The molecule has 1 atom stereocenters. The van der Waals surface area contributed by atoms with E-state index < -0.39 is 22.0 Å². The van der Waals surface area contributed by atoms with Crippen LogP contribution in [0.1, 0.15) is 6.92 Å². The van der Waals surface area contributed by atoms with E-state index in [0.717, 1.165) is 4.31 Å². The van der Waals surface area contributed by atoms with E-state index in [1.807, 2.05) is 0 Å². The highest BCUT2D eigenvalue weighted by Crippen LogP contribution is 2.36. The fourth-order valence-electron chi connectivity index (χ4n) is 2.89. The molecule has 0 fully saturated rings. The molecule has 0 bridgehead atoms. The summed E-state index contributed by atoms with van der Waals surface area (Å²) in [7, 11) is -4.01. The van der Waals surface area contributed by atoms with Crippen LogP contribution in [0.5, 0.6) is 5.75 Å². The molecule has 0 aliphatic carbocycles. The van der Waals surface area contributed by atoms with Gasteiger partial charge in [0.25, 0.3) is 15.9 Å². The summed E-state index contributed by atoms with van der Waals surface area (Å²) in [5, 5.41) is 5.28. The number of para-hydroxylation sites is 2. The molecule has 2 aromatic rings. The number of fused-ring (bicyclic) bond motifs is 2. The van der Waals surface area contributed by atoms with Gasteiger partial charge in [0.15, 0.2) is 6.10 Å². The lowest BCUT2D eigenvalue weighted by molar-refractivity contribution is -0.122. The summed E-state index contributed by atoms with van der Waals surface area (Å²) in [6.45, 7) is 1.28. The van der Waals surface area contributed by atoms with Gasteiger partial charge in [0, 0.05) is 0 Å². The Morgan fingerprint density at radius 2 is 1.85 bits per heavy atom. The van der Waals surface area contributed by atoms with E-state index in [0.29, 0.717) is 17.1 Å². The number of nitrogens with zero attached hydrogens (tertiary/aromatic N) is 1. The largest absolute Gasteiger partial charge is 0.479 e. The summed E-state index contributed by atoms with van der Waals surface area (Å²) in [5.74, 6) is -0.377. The van der Waals surface area contributed by atoms with Gasteiger partial charge in [-0.1, -0.05) is 12.1 Å². The fourth-order valence-corrected chi connectivity index (χ4v) is 4.36. The number of sulfonamides is 1. The van der Waals surface area contributed by atoms with Gasteiger partial charge in [0.1, 0.15) is 12.3 Å². The van der Waals surface area contributed by atoms with Crippen LogP contribution in [-0.2, 0) is 19.6 Å². The third kappa shape index (κ3) is 2.57. The Labute approximate surface area is 149 Å². The van der Waals surface area contributed by atoms with Crippen LogP contribution in [0.2, 0.25) is 0 Å². The van der Waals surface area contributed by atoms with Gasteiger partial charge in [-0.05, 0) is 37.3 Å². The van der Waals surface area contributed by atoms with E-state index in [-0.39, 0.29) is 23.0 Å². The minimum Gasteiger partial charge on any atom is -0.479 e. The minimum absolute atomic E-state index is 0.0424. The molecule has 2 N–H and O–H groups in total. The summed E-state index contributed by atoms with van der Waals surface area (Å²) in [4.78, 5) is 23.7. The van der Waals surface area contributed by atoms with Gasteiger partial charge in [0.2, 0.25) is 5.91 Å². The Balaban J connectivity index is 1.78. The molecule has 0 saturated carbocycles. The topological polar surface area (TPSA) is 105 Å². The first-order valence-electron chi connectivity index (χ1n) is 7.89. The van der Waals surface area contributed by atoms with Crippen molar-refractivity contribution < 1.29 is 22.7 Å². The van der Waals surface area contributed by atoms with Crippen LogP contribution in [0.3, 0.4) is 0 Å². The lowest BCUT2D eigenvalue weighted by Crippen LogP contribution is -2.42. The van der Waals surface area contributed by atoms with Crippen molar-refractivity contribution in [1.29, 1.82) is 0 Å². The molecular formula is C17H15N3O5S. The first kappa shape index (κ1) is 16.4. The molecule has 0 saturated heterocycles. The second-order valence-corrected chi connectivity index (χ2v) is 7.85. The first-order valence-corrected chi connectivity index (χ1v) is 9.33. The predicted octanol–water partition coefficient (Wildman–Crippen LogP) is 1.55. The normalized spacial score (nSPS) is 19.0. The van der Waals surface area contributed by atoms with Gasteiger partial charge in [0.05, 0.1) is 22.0 Å². The second kappa shape index (κ2) is 5.73. The molecule has 2 heterocycles. The second-order valence-electron chi connectivity index (χ2n) is 5.98. The summed E-state index contributed by atoms with van der Waals surface area (Å²) in [5.41, 5.74) is 1.10. The summed E-state index contributed by atoms with van der Waals surface area (Å²) < 4.78 is 32.7. The zero-order valence-electron chi connectivity index (χ0n) is 13.7. The number of nitrogens with one attached hydrogen (secondary N) is 2. The highest BCUT2D eigenvalue weighted by atomic mass is 32.2. The number of rotatable bonds is 2. The molecule has 134 valence electrons. The molecule has 26 heavy (non-hydrogen) atoms. The molecule has 2 aliphatic heterocycles. The maximum Gasteiger partial charge on any atom is 0.265 e.